The molecule has 8 heteroatoms. The maximum absolute atomic E-state index is 12.7. The van der Waals surface area contributed by atoms with Crippen LogP contribution in [0.5, 0.6) is 17.2 Å². The van der Waals surface area contributed by atoms with Crippen molar-refractivity contribution in [2.45, 2.75) is 6.42 Å². The molecule has 1 aromatic carbocycles. The summed E-state index contributed by atoms with van der Waals surface area (Å²) in [6.07, 6.45) is 6.38. The molecule has 0 radical (unpaired) electrons. The van der Waals surface area contributed by atoms with E-state index in [1.165, 1.54) is 20.4 Å². The fourth-order valence-corrected chi connectivity index (χ4v) is 4.35. The molecule has 1 aromatic rings. The number of hydrazone groups is 1. The average molecular weight is 381 g/mol. The first-order valence-corrected chi connectivity index (χ1v) is 8.95. The second-order valence-electron chi connectivity index (χ2n) is 6.93. The fourth-order valence-electron chi connectivity index (χ4n) is 4.35. The fraction of sp³-hybridized carbons (Fsp3) is 0.400. The summed E-state index contributed by atoms with van der Waals surface area (Å²) in [7, 11) is 2.93. The maximum atomic E-state index is 12.7. The molecule has 3 aliphatic rings. The lowest BCUT2D eigenvalue weighted by atomic mass is 9.85. The molecule has 4 rings (SSSR count). The van der Waals surface area contributed by atoms with Crippen LogP contribution in [0, 0.1) is 35.0 Å². The quantitative estimate of drug-likeness (QED) is 0.423. The lowest BCUT2D eigenvalue weighted by Crippen LogP contribution is -2.28. The highest BCUT2D eigenvalue weighted by atomic mass is 16.5. The number of carbonyl (C=O) groups excluding carboxylic acids is 2. The highest BCUT2D eigenvalue weighted by Crippen LogP contribution is 2.52. The number of nitrogens with zero attached hydrogens (tertiary/aromatic N) is 3. The molecule has 2 aliphatic carbocycles. The van der Waals surface area contributed by atoms with Crippen LogP contribution in [0.3, 0.4) is 0 Å². The third-order valence-corrected chi connectivity index (χ3v) is 5.53. The lowest BCUT2D eigenvalue weighted by Gasteiger charge is -2.14. The Bertz CT molecular complexity index is 877. The summed E-state index contributed by atoms with van der Waals surface area (Å²) in [4.78, 5) is 25.4. The van der Waals surface area contributed by atoms with Gasteiger partial charge < -0.3 is 14.2 Å². The lowest BCUT2D eigenvalue weighted by molar-refractivity contribution is -0.140. The molecule has 2 bridgehead atoms. The first kappa shape index (κ1) is 18.0. The third kappa shape index (κ3) is 2.71. The summed E-state index contributed by atoms with van der Waals surface area (Å²) < 4.78 is 16.0. The second-order valence-corrected chi connectivity index (χ2v) is 6.93. The predicted octanol–water partition coefficient (Wildman–Crippen LogP) is 1.75. The van der Waals surface area contributed by atoms with Crippen LogP contribution in [-0.4, -0.2) is 43.9 Å². The topological polar surface area (TPSA) is 101 Å². The average Bonchev–Trinajstić information content (AvgIpc) is 3.39. The van der Waals surface area contributed by atoms with E-state index in [0.717, 1.165) is 11.4 Å². The second kappa shape index (κ2) is 7.00. The van der Waals surface area contributed by atoms with Gasteiger partial charge in [0.15, 0.2) is 18.1 Å². The van der Waals surface area contributed by atoms with Gasteiger partial charge in [0.25, 0.3) is 11.8 Å². The normalized spacial score (nSPS) is 27.4. The van der Waals surface area contributed by atoms with Crippen molar-refractivity contribution in [1.82, 2.24) is 5.01 Å². The number of ether oxygens (including phenoxy) is 3. The number of imide groups is 1. The number of hydrogen-bond donors (Lipinski definition) is 0. The maximum Gasteiger partial charge on any atom is 0.254 e. The third-order valence-electron chi connectivity index (χ3n) is 5.53. The molecular weight excluding hydrogens is 362 g/mol. The summed E-state index contributed by atoms with van der Waals surface area (Å²) >= 11 is 0. The molecule has 144 valence electrons. The number of fused-ring (bicyclic) bond motifs is 5. The predicted molar refractivity (Wildman–Crippen MR) is 97.8 cm³/mol. The van der Waals surface area contributed by atoms with Gasteiger partial charge in [0, 0.05) is 5.56 Å². The Labute approximate surface area is 162 Å². The summed E-state index contributed by atoms with van der Waals surface area (Å²) in [5, 5.41) is 13.9. The zero-order valence-electron chi connectivity index (χ0n) is 15.5. The van der Waals surface area contributed by atoms with Crippen molar-refractivity contribution in [2.75, 3.05) is 20.8 Å². The van der Waals surface area contributed by atoms with E-state index >= 15 is 0 Å². The van der Waals surface area contributed by atoms with Crippen molar-refractivity contribution < 1.29 is 23.8 Å². The molecule has 0 spiro atoms. The standard InChI is InChI=1S/C20H19N3O5/c1-26-14-7-11(8-15(27-2)18(14)28-6-5-21)10-22-23-19(24)16-12-3-4-13(9-12)17(16)20(23)25/h3-4,7-8,10,12-13,16-17H,6,9H2,1-2H3. The van der Waals surface area contributed by atoms with E-state index in [1.54, 1.807) is 12.1 Å². The molecule has 1 saturated carbocycles. The Morgan fingerprint density at radius 2 is 1.71 bits per heavy atom. The number of methoxy groups -OCH3 is 2. The molecule has 4 atom stereocenters. The molecule has 28 heavy (non-hydrogen) atoms. The molecule has 2 fully saturated rings. The van der Waals surface area contributed by atoms with Crippen LogP contribution in [0.15, 0.2) is 29.4 Å². The molecular formula is C20H19N3O5. The number of nitriles is 1. The van der Waals surface area contributed by atoms with Crippen LogP contribution in [0.1, 0.15) is 12.0 Å². The largest absolute Gasteiger partial charge is 0.493 e. The Morgan fingerprint density at radius 3 is 2.21 bits per heavy atom. The molecule has 4 unspecified atom stereocenters. The Hall–Kier alpha value is -3.34. The van der Waals surface area contributed by atoms with Crippen LogP contribution in [-0.2, 0) is 9.59 Å². The summed E-state index contributed by atoms with van der Waals surface area (Å²) in [5.41, 5.74) is 0.566. The van der Waals surface area contributed by atoms with E-state index < -0.39 is 0 Å². The number of rotatable bonds is 6. The van der Waals surface area contributed by atoms with Crippen molar-refractivity contribution in [1.29, 1.82) is 5.26 Å². The van der Waals surface area contributed by atoms with Crippen molar-refractivity contribution in [3.63, 3.8) is 0 Å². The summed E-state index contributed by atoms with van der Waals surface area (Å²) in [6.45, 7) is -0.157. The highest BCUT2D eigenvalue weighted by Gasteiger charge is 2.59. The Kier molecular flexibility index (Phi) is 4.51. The van der Waals surface area contributed by atoms with Gasteiger partial charge in [0.2, 0.25) is 5.75 Å². The number of carbonyl (C=O) groups is 2. The van der Waals surface area contributed by atoms with E-state index in [0.29, 0.717) is 22.8 Å². The summed E-state index contributed by atoms with van der Waals surface area (Å²) in [5.74, 6) is 0.243. The van der Waals surface area contributed by atoms with Gasteiger partial charge in [-0.15, -0.1) is 0 Å². The minimum Gasteiger partial charge on any atom is -0.493 e. The van der Waals surface area contributed by atoms with Gasteiger partial charge >= 0.3 is 0 Å². The van der Waals surface area contributed by atoms with Gasteiger partial charge in [-0.1, -0.05) is 12.2 Å². The molecule has 1 saturated heterocycles. The molecule has 8 nitrogen and oxygen atoms in total. The SMILES string of the molecule is COc1cc(C=NN2C(=O)C3C4C=CC(C4)C3C2=O)cc(OC)c1OCC#N. The van der Waals surface area contributed by atoms with Crippen molar-refractivity contribution in [2.24, 2.45) is 28.8 Å². The zero-order chi connectivity index (χ0) is 19.8. The van der Waals surface area contributed by atoms with E-state index in [-0.39, 0.29) is 42.1 Å². The van der Waals surface area contributed by atoms with Crippen LogP contribution < -0.4 is 14.2 Å². The van der Waals surface area contributed by atoms with Crippen molar-refractivity contribution in [3.8, 4) is 23.3 Å². The molecule has 0 aromatic heterocycles. The monoisotopic (exact) mass is 381 g/mol. The van der Waals surface area contributed by atoms with Gasteiger partial charge in [0.1, 0.15) is 6.07 Å². The first-order valence-electron chi connectivity index (χ1n) is 8.95. The highest BCUT2D eigenvalue weighted by molar-refractivity contribution is 6.06. The first-order chi connectivity index (χ1) is 13.6. The van der Waals surface area contributed by atoms with Gasteiger partial charge in [-0.2, -0.15) is 15.4 Å². The molecule has 0 N–H and O–H groups in total. The molecule has 2 amide bonds. The van der Waals surface area contributed by atoms with Gasteiger partial charge in [-0.25, -0.2) is 0 Å². The van der Waals surface area contributed by atoms with Crippen LogP contribution >= 0.6 is 0 Å². The van der Waals surface area contributed by atoms with E-state index in [9.17, 15) is 9.59 Å². The van der Waals surface area contributed by atoms with Crippen LogP contribution in [0.4, 0.5) is 0 Å². The number of benzene rings is 1. The minimum absolute atomic E-state index is 0.142. The van der Waals surface area contributed by atoms with Gasteiger partial charge in [0.05, 0.1) is 32.3 Å². The summed E-state index contributed by atoms with van der Waals surface area (Å²) in [6, 6.07) is 5.16. The van der Waals surface area contributed by atoms with Crippen molar-refractivity contribution >= 4 is 18.0 Å². The molecule has 1 heterocycles. The van der Waals surface area contributed by atoms with Gasteiger partial charge in [-0.05, 0) is 30.4 Å². The van der Waals surface area contributed by atoms with E-state index in [4.69, 9.17) is 19.5 Å². The van der Waals surface area contributed by atoms with Crippen LogP contribution in [0.2, 0.25) is 0 Å². The smallest absolute Gasteiger partial charge is 0.254 e. The Balaban J connectivity index is 1.59. The van der Waals surface area contributed by atoms with Crippen LogP contribution in [0.25, 0.3) is 0 Å². The zero-order valence-corrected chi connectivity index (χ0v) is 15.5. The molecule has 1 aliphatic heterocycles. The number of hydrogen-bond acceptors (Lipinski definition) is 7. The van der Waals surface area contributed by atoms with Crippen molar-refractivity contribution in [3.05, 3.63) is 29.8 Å². The number of amides is 2. The van der Waals surface area contributed by atoms with E-state index in [2.05, 4.69) is 5.10 Å². The van der Waals surface area contributed by atoms with Gasteiger partial charge in [-0.3, -0.25) is 9.59 Å². The Morgan fingerprint density at radius 1 is 1.14 bits per heavy atom. The number of allylic oxidation sites excluding steroid dienone is 2. The van der Waals surface area contributed by atoms with E-state index in [1.807, 2.05) is 18.2 Å². The minimum atomic E-state index is -0.287.